The van der Waals surface area contributed by atoms with Gasteiger partial charge in [0.25, 0.3) is 0 Å². The number of aromatic nitrogens is 1. The molecule has 29 heavy (non-hydrogen) atoms. The van der Waals surface area contributed by atoms with E-state index >= 15 is 0 Å². The van der Waals surface area contributed by atoms with Gasteiger partial charge in [0.15, 0.2) is 11.7 Å². The van der Waals surface area contributed by atoms with Crippen molar-refractivity contribution in [1.82, 2.24) is 9.88 Å². The molecule has 1 atom stereocenters. The Labute approximate surface area is 169 Å². The minimum absolute atomic E-state index is 0.196. The Hall–Kier alpha value is -3.41. The molecule has 0 bridgehead atoms. The second-order valence-electron chi connectivity index (χ2n) is 6.86. The molecule has 2 aromatic carbocycles. The Morgan fingerprint density at radius 3 is 2.38 bits per heavy atom. The highest BCUT2D eigenvalue weighted by atomic mass is 16.4. The van der Waals surface area contributed by atoms with Crippen LogP contribution in [-0.2, 0) is 22.6 Å². The van der Waals surface area contributed by atoms with Crippen LogP contribution in [0.1, 0.15) is 31.2 Å². The molecule has 1 N–H and O–H groups in total. The van der Waals surface area contributed by atoms with Crippen molar-refractivity contribution in [2.75, 3.05) is 0 Å². The van der Waals surface area contributed by atoms with Crippen LogP contribution in [0.3, 0.4) is 0 Å². The van der Waals surface area contributed by atoms with Crippen LogP contribution in [-0.4, -0.2) is 32.9 Å². The largest absolute Gasteiger partial charge is 0.480 e. The summed E-state index contributed by atoms with van der Waals surface area (Å²) in [5.41, 5.74) is 1.85. The molecule has 0 saturated heterocycles. The fourth-order valence-corrected chi connectivity index (χ4v) is 3.05. The summed E-state index contributed by atoms with van der Waals surface area (Å²) in [7, 11) is 0. The van der Waals surface area contributed by atoms with Gasteiger partial charge in [0.05, 0.1) is 6.20 Å². The van der Waals surface area contributed by atoms with E-state index in [1.165, 1.54) is 11.8 Å². The topological polar surface area (TPSA) is 83.6 Å². The highest BCUT2D eigenvalue weighted by Crippen LogP contribution is 2.21. The maximum atomic E-state index is 12.7. The van der Waals surface area contributed by atoms with E-state index in [-0.39, 0.29) is 18.9 Å². The quantitative estimate of drug-likeness (QED) is 0.591. The lowest BCUT2D eigenvalue weighted by Gasteiger charge is -2.26. The number of hydrogen-bond donors (Lipinski definition) is 1. The van der Waals surface area contributed by atoms with Crippen molar-refractivity contribution in [3.63, 3.8) is 0 Å². The zero-order valence-corrected chi connectivity index (χ0v) is 16.3. The Morgan fingerprint density at radius 1 is 1.07 bits per heavy atom. The molecule has 0 aliphatic rings. The average Bonchev–Trinajstić information content (AvgIpc) is 3.21. The van der Waals surface area contributed by atoms with Gasteiger partial charge in [-0.15, -0.1) is 0 Å². The minimum Gasteiger partial charge on any atom is -0.480 e. The summed E-state index contributed by atoms with van der Waals surface area (Å²) in [5, 5.41) is 9.37. The summed E-state index contributed by atoms with van der Waals surface area (Å²) in [5.74, 6) is 0.0442. The van der Waals surface area contributed by atoms with Gasteiger partial charge in [-0.3, -0.25) is 4.79 Å². The first-order chi connectivity index (χ1) is 14.0. The number of amides is 1. The standard InChI is InChI=1S/C23H24N2O4/c1-17(23(27)28)25(16-18-9-4-2-5-10-18)22(26)14-8-13-21-24-15-20(29-21)19-11-6-3-7-12-19/h2-7,9-12,15,17H,8,13-14,16H2,1H3,(H,27,28). The third-order valence-electron chi connectivity index (χ3n) is 4.73. The van der Waals surface area contributed by atoms with Gasteiger partial charge in [0, 0.05) is 24.9 Å². The molecule has 1 aromatic heterocycles. The van der Waals surface area contributed by atoms with E-state index < -0.39 is 12.0 Å². The van der Waals surface area contributed by atoms with Crippen LogP contribution in [0.15, 0.2) is 71.3 Å². The predicted octanol–water partition coefficient (Wildman–Crippen LogP) is 4.17. The van der Waals surface area contributed by atoms with Crippen LogP contribution < -0.4 is 0 Å². The Balaban J connectivity index is 1.58. The van der Waals surface area contributed by atoms with Gasteiger partial charge < -0.3 is 14.4 Å². The second kappa shape index (κ2) is 9.68. The van der Waals surface area contributed by atoms with Gasteiger partial charge in [0.2, 0.25) is 5.91 Å². The van der Waals surface area contributed by atoms with Crippen molar-refractivity contribution in [1.29, 1.82) is 0 Å². The molecule has 1 heterocycles. The lowest BCUT2D eigenvalue weighted by molar-refractivity contribution is -0.150. The van der Waals surface area contributed by atoms with Gasteiger partial charge in [-0.25, -0.2) is 9.78 Å². The van der Waals surface area contributed by atoms with E-state index in [0.29, 0.717) is 24.5 Å². The number of carbonyl (C=O) groups is 2. The summed E-state index contributed by atoms with van der Waals surface area (Å²) in [6, 6.07) is 18.2. The van der Waals surface area contributed by atoms with Crippen molar-refractivity contribution in [2.24, 2.45) is 0 Å². The monoisotopic (exact) mass is 392 g/mol. The molecule has 0 fully saturated rings. The molecule has 150 valence electrons. The zero-order chi connectivity index (χ0) is 20.6. The highest BCUT2D eigenvalue weighted by Gasteiger charge is 2.25. The predicted molar refractivity (Wildman–Crippen MR) is 109 cm³/mol. The van der Waals surface area contributed by atoms with Crippen molar-refractivity contribution < 1.29 is 19.1 Å². The van der Waals surface area contributed by atoms with E-state index in [4.69, 9.17) is 4.42 Å². The Morgan fingerprint density at radius 2 is 1.72 bits per heavy atom. The molecule has 3 rings (SSSR count). The number of aliphatic carboxylic acids is 1. The van der Waals surface area contributed by atoms with Crippen LogP contribution in [0.5, 0.6) is 0 Å². The highest BCUT2D eigenvalue weighted by molar-refractivity contribution is 5.83. The number of oxazole rings is 1. The van der Waals surface area contributed by atoms with Crippen molar-refractivity contribution in [3.8, 4) is 11.3 Å². The first-order valence-corrected chi connectivity index (χ1v) is 9.61. The van der Waals surface area contributed by atoms with Gasteiger partial charge in [-0.05, 0) is 18.9 Å². The fraction of sp³-hybridized carbons (Fsp3) is 0.261. The number of aryl methyl sites for hydroxylation is 1. The van der Waals surface area contributed by atoms with Gasteiger partial charge >= 0.3 is 5.97 Å². The van der Waals surface area contributed by atoms with Crippen LogP contribution >= 0.6 is 0 Å². The number of carboxylic acid groups (broad SMARTS) is 1. The molecular weight excluding hydrogens is 368 g/mol. The normalized spacial score (nSPS) is 11.8. The van der Waals surface area contributed by atoms with E-state index in [1.54, 1.807) is 6.20 Å². The molecule has 6 nitrogen and oxygen atoms in total. The van der Waals surface area contributed by atoms with Crippen molar-refractivity contribution in [3.05, 3.63) is 78.3 Å². The maximum absolute atomic E-state index is 12.7. The smallest absolute Gasteiger partial charge is 0.326 e. The number of rotatable bonds is 9. The maximum Gasteiger partial charge on any atom is 0.326 e. The first-order valence-electron chi connectivity index (χ1n) is 9.61. The number of carbonyl (C=O) groups excluding carboxylic acids is 1. The Kier molecular flexibility index (Phi) is 6.79. The summed E-state index contributed by atoms with van der Waals surface area (Å²) < 4.78 is 5.76. The lowest BCUT2D eigenvalue weighted by atomic mass is 10.1. The van der Waals surface area contributed by atoms with Crippen LogP contribution in [0, 0.1) is 0 Å². The van der Waals surface area contributed by atoms with Crippen molar-refractivity contribution >= 4 is 11.9 Å². The van der Waals surface area contributed by atoms with E-state index in [1.807, 2.05) is 60.7 Å². The third-order valence-corrected chi connectivity index (χ3v) is 4.73. The lowest BCUT2D eigenvalue weighted by Crippen LogP contribution is -2.42. The number of nitrogens with zero attached hydrogens (tertiary/aromatic N) is 2. The molecule has 0 aliphatic carbocycles. The third kappa shape index (κ3) is 5.54. The molecule has 0 saturated carbocycles. The van der Waals surface area contributed by atoms with Gasteiger partial charge in [-0.1, -0.05) is 60.7 Å². The molecule has 6 heteroatoms. The summed E-state index contributed by atoms with van der Waals surface area (Å²) in [4.78, 5) is 29.9. The molecule has 0 radical (unpaired) electrons. The SMILES string of the molecule is CC(C(=O)O)N(Cc1ccccc1)C(=O)CCCc1ncc(-c2ccccc2)o1. The van der Waals surface area contributed by atoms with Crippen LogP contribution in [0.25, 0.3) is 11.3 Å². The van der Waals surface area contributed by atoms with E-state index in [2.05, 4.69) is 4.98 Å². The van der Waals surface area contributed by atoms with E-state index in [9.17, 15) is 14.7 Å². The first kappa shape index (κ1) is 20.3. The number of hydrogen-bond acceptors (Lipinski definition) is 4. The number of benzene rings is 2. The van der Waals surface area contributed by atoms with Crippen LogP contribution in [0.2, 0.25) is 0 Å². The molecule has 0 spiro atoms. The minimum atomic E-state index is -1.02. The summed E-state index contributed by atoms with van der Waals surface area (Å²) in [6.45, 7) is 1.80. The fourth-order valence-electron chi connectivity index (χ4n) is 3.05. The molecule has 3 aromatic rings. The summed E-state index contributed by atoms with van der Waals surface area (Å²) in [6.07, 6.45) is 2.96. The zero-order valence-electron chi connectivity index (χ0n) is 16.3. The van der Waals surface area contributed by atoms with Gasteiger partial charge in [-0.2, -0.15) is 0 Å². The van der Waals surface area contributed by atoms with Gasteiger partial charge in [0.1, 0.15) is 6.04 Å². The second-order valence-corrected chi connectivity index (χ2v) is 6.86. The van der Waals surface area contributed by atoms with Crippen LogP contribution in [0.4, 0.5) is 0 Å². The van der Waals surface area contributed by atoms with Crippen molar-refractivity contribution in [2.45, 2.75) is 38.8 Å². The Bertz CT molecular complexity index is 938. The average molecular weight is 392 g/mol. The molecular formula is C23H24N2O4. The number of carboxylic acids is 1. The summed E-state index contributed by atoms with van der Waals surface area (Å²) >= 11 is 0. The molecule has 1 amide bonds. The molecule has 0 aliphatic heterocycles. The molecule has 1 unspecified atom stereocenters. The van der Waals surface area contributed by atoms with E-state index in [0.717, 1.165) is 11.1 Å².